The zero-order valence-electron chi connectivity index (χ0n) is 8.79. The molecule has 2 N–H and O–H groups in total. The molecule has 0 aliphatic heterocycles. The summed E-state index contributed by atoms with van der Waals surface area (Å²) >= 11 is 0. The van der Waals surface area contributed by atoms with Crippen molar-refractivity contribution in [3.8, 4) is 0 Å². The topological polar surface area (TPSA) is 43.1 Å². The molecule has 0 aromatic heterocycles. The second kappa shape index (κ2) is 4.91. The van der Waals surface area contributed by atoms with Gasteiger partial charge in [-0.3, -0.25) is 0 Å². The van der Waals surface area contributed by atoms with Gasteiger partial charge in [-0.15, -0.1) is 0 Å². The van der Waals surface area contributed by atoms with Crippen LogP contribution in [-0.4, -0.2) is 5.78 Å². The minimum Gasteiger partial charge on any atom is -0.324 e. The van der Waals surface area contributed by atoms with Crippen LogP contribution in [0.4, 0.5) is 0 Å². The Balaban J connectivity index is 2.56. The van der Waals surface area contributed by atoms with E-state index in [2.05, 4.69) is 0 Å². The molecule has 14 heavy (non-hydrogen) atoms. The summed E-state index contributed by atoms with van der Waals surface area (Å²) in [7, 11) is 0. The van der Waals surface area contributed by atoms with Crippen molar-refractivity contribution in [1.29, 1.82) is 0 Å². The normalized spacial score (nSPS) is 12.5. The monoisotopic (exact) mass is 191 g/mol. The SMILES string of the molecule is CC(=O)CCC(N)c1ccc(C)cc1. The number of carbonyl (C=O) groups is 1. The van der Waals surface area contributed by atoms with Crippen LogP contribution in [0, 0.1) is 6.92 Å². The molecule has 0 saturated heterocycles. The predicted octanol–water partition coefficient (Wildman–Crippen LogP) is 2.36. The molecule has 1 unspecified atom stereocenters. The largest absolute Gasteiger partial charge is 0.324 e. The first-order chi connectivity index (χ1) is 6.59. The molecule has 2 nitrogen and oxygen atoms in total. The molecule has 0 saturated carbocycles. The smallest absolute Gasteiger partial charge is 0.129 e. The minimum atomic E-state index is -0.0144. The molecule has 0 radical (unpaired) electrons. The van der Waals surface area contributed by atoms with Gasteiger partial charge in [0.2, 0.25) is 0 Å². The summed E-state index contributed by atoms with van der Waals surface area (Å²) in [5.41, 5.74) is 8.28. The summed E-state index contributed by atoms with van der Waals surface area (Å²) in [6.45, 7) is 3.65. The van der Waals surface area contributed by atoms with E-state index in [4.69, 9.17) is 5.73 Å². The van der Waals surface area contributed by atoms with Crippen LogP contribution in [0.5, 0.6) is 0 Å². The maximum Gasteiger partial charge on any atom is 0.129 e. The van der Waals surface area contributed by atoms with Crippen LogP contribution in [0.25, 0.3) is 0 Å². The third kappa shape index (κ3) is 3.30. The number of Topliss-reactive ketones (excluding diaryl/α,β-unsaturated/α-hetero) is 1. The predicted molar refractivity (Wildman–Crippen MR) is 58.0 cm³/mol. The molecule has 0 aliphatic carbocycles. The molecular weight excluding hydrogens is 174 g/mol. The average Bonchev–Trinajstić information content (AvgIpc) is 2.15. The second-order valence-electron chi connectivity index (χ2n) is 3.76. The highest BCUT2D eigenvalue weighted by Crippen LogP contribution is 2.16. The first-order valence-electron chi connectivity index (χ1n) is 4.91. The lowest BCUT2D eigenvalue weighted by Crippen LogP contribution is -2.11. The fraction of sp³-hybridized carbons (Fsp3) is 0.417. The summed E-state index contributed by atoms with van der Waals surface area (Å²) in [4.78, 5) is 10.8. The van der Waals surface area contributed by atoms with E-state index in [0.29, 0.717) is 6.42 Å². The Bertz CT molecular complexity index is 303. The molecule has 2 heteroatoms. The van der Waals surface area contributed by atoms with Crippen molar-refractivity contribution >= 4 is 5.78 Å². The van der Waals surface area contributed by atoms with E-state index in [0.717, 1.165) is 12.0 Å². The molecule has 0 amide bonds. The number of hydrogen-bond acceptors (Lipinski definition) is 2. The lowest BCUT2D eigenvalue weighted by molar-refractivity contribution is -0.117. The third-order valence-electron chi connectivity index (χ3n) is 2.31. The summed E-state index contributed by atoms with van der Waals surface area (Å²) < 4.78 is 0. The van der Waals surface area contributed by atoms with Crippen molar-refractivity contribution in [2.75, 3.05) is 0 Å². The maximum atomic E-state index is 10.8. The Hall–Kier alpha value is -1.15. The van der Waals surface area contributed by atoms with Crippen LogP contribution in [0.3, 0.4) is 0 Å². The standard InChI is InChI=1S/C12H17NO/c1-9-3-6-11(7-4-9)12(13)8-5-10(2)14/h3-4,6-7,12H,5,8,13H2,1-2H3. The average molecular weight is 191 g/mol. The molecule has 0 fully saturated rings. The van der Waals surface area contributed by atoms with E-state index < -0.39 is 0 Å². The fourth-order valence-electron chi connectivity index (χ4n) is 1.34. The maximum absolute atomic E-state index is 10.8. The molecule has 1 atom stereocenters. The van der Waals surface area contributed by atoms with Crippen molar-refractivity contribution in [1.82, 2.24) is 0 Å². The number of carbonyl (C=O) groups excluding carboxylic acids is 1. The first-order valence-corrected chi connectivity index (χ1v) is 4.91. The molecule has 0 bridgehead atoms. The van der Waals surface area contributed by atoms with E-state index in [1.54, 1.807) is 6.92 Å². The Morgan fingerprint density at radius 1 is 1.36 bits per heavy atom. The van der Waals surface area contributed by atoms with Gasteiger partial charge in [0.05, 0.1) is 0 Å². The van der Waals surface area contributed by atoms with Crippen molar-refractivity contribution in [3.05, 3.63) is 35.4 Å². The van der Waals surface area contributed by atoms with Gasteiger partial charge >= 0.3 is 0 Å². The van der Waals surface area contributed by atoms with E-state index in [1.807, 2.05) is 31.2 Å². The Labute approximate surface area is 85.1 Å². The van der Waals surface area contributed by atoms with Gasteiger partial charge < -0.3 is 10.5 Å². The molecule has 76 valence electrons. The van der Waals surface area contributed by atoms with Gasteiger partial charge in [-0.05, 0) is 25.8 Å². The molecule has 1 aromatic carbocycles. The van der Waals surface area contributed by atoms with Gasteiger partial charge in [0.15, 0.2) is 0 Å². The number of rotatable bonds is 4. The number of benzene rings is 1. The molecule has 0 heterocycles. The number of aryl methyl sites for hydroxylation is 1. The van der Waals surface area contributed by atoms with Gasteiger partial charge in [0.1, 0.15) is 5.78 Å². The van der Waals surface area contributed by atoms with Gasteiger partial charge in [0, 0.05) is 12.5 Å². The second-order valence-corrected chi connectivity index (χ2v) is 3.76. The number of ketones is 1. The zero-order valence-corrected chi connectivity index (χ0v) is 8.79. The van der Waals surface area contributed by atoms with Crippen molar-refractivity contribution < 1.29 is 4.79 Å². The van der Waals surface area contributed by atoms with Crippen molar-refractivity contribution in [2.45, 2.75) is 32.7 Å². The van der Waals surface area contributed by atoms with E-state index >= 15 is 0 Å². The van der Waals surface area contributed by atoms with E-state index in [9.17, 15) is 4.79 Å². The lowest BCUT2D eigenvalue weighted by Gasteiger charge is -2.10. The van der Waals surface area contributed by atoms with E-state index in [1.165, 1.54) is 5.56 Å². The van der Waals surface area contributed by atoms with Gasteiger partial charge in [-0.1, -0.05) is 29.8 Å². The number of nitrogens with two attached hydrogens (primary N) is 1. The summed E-state index contributed by atoms with van der Waals surface area (Å²) in [6.07, 6.45) is 1.30. The zero-order chi connectivity index (χ0) is 10.6. The first kappa shape index (κ1) is 10.9. The van der Waals surface area contributed by atoms with Crippen LogP contribution < -0.4 is 5.73 Å². The Kier molecular flexibility index (Phi) is 3.84. The number of hydrogen-bond donors (Lipinski definition) is 1. The van der Waals surface area contributed by atoms with Crippen LogP contribution in [0.15, 0.2) is 24.3 Å². The Morgan fingerprint density at radius 2 is 1.93 bits per heavy atom. The summed E-state index contributed by atoms with van der Waals surface area (Å²) in [6, 6.07) is 8.13. The fourth-order valence-corrected chi connectivity index (χ4v) is 1.34. The van der Waals surface area contributed by atoms with Crippen molar-refractivity contribution in [3.63, 3.8) is 0 Å². The lowest BCUT2D eigenvalue weighted by atomic mass is 10.0. The minimum absolute atomic E-state index is 0.0144. The highest BCUT2D eigenvalue weighted by Gasteiger charge is 2.06. The summed E-state index contributed by atoms with van der Waals surface area (Å²) in [5.74, 6) is 0.201. The van der Waals surface area contributed by atoms with E-state index in [-0.39, 0.29) is 11.8 Å². The quantitative estimate of drug-likeness (QED) is 0.794. The Morgan fingerprint density at radius 3 is 2.43 bits per heavy atom. The summed E-state index contributed by atoms with van der Waals surface area (Å²) in [5, 5.41) is 0. The van der Waals surface area contributed by atoms with Crippen LogP contribution in [0.2, 0.25) is 0 Å². The van der Waals surface area contributed by atoms with Crippen LogP contribution in [0.1, 0.15) is 36.9 Å². The van der Waals surface area contributed by atoms with Crippen LogP contribution in [-0.2, 0) is 4.79 Å². The van der Waals surface area contributed by atoms with Crippen LogP contribution >= 0.6 is 0 Å². The highest BCUT2D eigenvalue weighted by molar-refractivity contribution is 5.75. The molecule has 1 aromatic rings. The van der Waals surface area contributed by atoms with Gasteiger partial charge in [-0.2, -0.15) is 0 Å². The third-order valence-corrected chi connectivity index (χ3v) is 2.31. The molecule has 0 spiro atoms. The highest BCUT2D eigenvalue weighted by atomic mass is 16.1. The molecular formula is C12H17NO. The molecule has 0 aliphatic rings. The van der Waals surface area contributed by atoms with Gasteiger partial charge in [0.25, 0.3) is 0 Å². The van der Waals surface area contributed by atoms with Crippen molar-refractivity contribution in [2.24, 2.45) is 5.73 Å². The molecule has 1 rings (SSSR count). The van der Waals surface area contributed by atoms with Gasteiger partial charge in [-0.25, -0.2) is 0 Å².